The Morgan fingerprint density at radius 2 is 1.67 bits per heavy atom. The smallest absolute Gasteiger partial charge is 0.258 e. The zero-order valence-corrected chi connectivity index (χ0v) is 14.5. The molecule has 0 N–H and O–H groups in total. The van der Waals surface area contributed by atoms with Crippen molar-refractivity contribution in [1.29, 1.82) is 0 Å². The summed E-state index contributed by atoms with van der Waals surface area (Å²) in [7, 11) is 1.15. The van der Waals surface area contributed by atoms with E-state index in [0.717, 1.165) is 5.39 Å². The third kappa shape index (κ3) is 2.64. The molecule has 3 aromatic rings. The Kier molecular flexibility index (Phi) is 4.03. The highest BCUT2D eigenvalue weighted by atomic mass is 32.2. The molecule has 1 aromatic heterocycles. The van der Waals surface area contributed by atoms with Crippen molar-refractivity contribution in [3.63, 3.8) is 0 Å². The molecule has 0 unspecified atom stereocenters. The summed E-state index contributed by atoms with van der Waals surface area (Å²) < 4.78 is 27.4. The number of aromatic nitrogens is 1. The maximum Gasteiger partial charge on any atom is 0.258 e. The highest BCUT2D eigenvalue weighted by molar-refractivity contribution is 7.89. The monoisotopic (exact) mass is 342 g/mol. The molecule has 0 aliphatic heterocycles. The summed E-state index contributed by atoms with van der Waals surface area (Å²) in [5.41, 5.74) is 1.25. The molecule has 0 saturated carbocycles. The molecule has 0 fully saturated rings. The van der Waals surface area contributed by atoms with Gasteiger partial charge in [-0.15, -0.1) is 0 Å². The van der Waals surface area contributed by atoms with Crippen LogP contribution in [0.3, 0.4) is 0 Å². The third-order valence-corrected chi connectivity index (χ3v) is 5.87. The topological polar surface area (TPSA) is 59.4 Å². The first kappa shape index (κ1) is 16.4. The summed E-state index contributed by atoms with van der Waals surface area (Å²) in [5.74, 6) is 0. The van der Waals surface area contributed by atoms with Crippen LogP contribution in [0.5, 0.6) is 0 Å². The molecule has 0 saturated heterocycles. The Bertz CT molecular complexity index is 1080. The molecule has 2 aromatic carbocycles. The third-order valence-electron chi connectivity index (χ3n) is 4.06. The molecule has 6 heteroatoms. The first-order valence-electron chi connectivity index (χ1n) is 7.44. The van der Waals surface area contributed by atoms with Crippen molar-refractivity contribution in [3.05, 3.63) is 65.0 Å². The number of benzene rings is 2. The summed E-state index contributed by atoms with van der Waals surface area (Å²) >= 11 is 0. The average molecular weight is 342 g/mol. The SMILES string of the molecule is CN(C)S(=O)(=O)c1cccc(-c2cc3ccccc3c(=O)n2C)c1. The van der Waals surface area contributed by atoms with E-state index in [1.54, 1.807) is 41.9 Å². The van der Waals surface area contributed by atoms with Crippen molar-refractivity contribution in [2.75, 3.05) is 14.1 Å². The van der Waals surface area contributed by atoms with E-state index >= 15 is 0 Å². The summed E-state index contributed by atoms with van der Waals surface area (Å²) in [6.45, 7) is 0. The van der Waals surface area contributed by atoms with Gasteiger partial charge >= 0.3 is 0 Å². The number of hydrogen-bond acceptors (Lipinski definition) is 3. The highest BCUT2D eigenvalue weighted by Gasteiger charge is 2.18. The predicted molar refractivity (Wildman–Crippen MR) is 95.5 cm³/mol. The van der Waals surface area contributed by atoms with Crippen LogP contribution in [0.2, 0.25) is 0 Å². The van der Waals surface area contributed by atoms with E-state index in [1.807, 2.05) is 24.3 Å². The van der Waals surface area contributed by atoms with Crippen molar-refractivity contribution in [1.82, 2.24) is 8.87 Å². The van der Waals surface area contributed by atoms with Crippen LogP contribution in [0, 0.1) is 0 Å². The van der Waals surface area contributed by atoms with Gasteiger partial charge in [0.1, 0.15) is 0 Å². The predicted octanol–water partition coefficient (Wildman–Crippen LogP) is 2.46. The maximum absolute atomic E-state index is 12.5. The van der Waals surface area contributed by atoms with Gasteiger partial charge in [0.15, 0.2) is 0 Å². The molecule has 124 valence electrons. The van der Waals surface area contributed by atoms with Crippen LogP contribution in [0.15, 0.2) is 64.3 Å². The van der Waals surface area contributed by atoms with Crippen LogP contribution in [0.1, 0.15) is 0 Å². The van der Waals surface area contributed by atoms with E-state index in [9.17, 15) is 13.2 Å². The molecular formula is C18H18N2O3S. The minimum Gasteiger partial charge on any atom is -0.311 e. The zero-order valence-electron chi connectivity index (χ0n) is 13.7. The molecule has 0 radical (unpaired) electrons. The van der Waals surface area contributed by atoms with Crippen molar-refractivity contribution in [2.45, 2.75) is 4.90 Å². The lowest BCUT2D eigenvalue weighted by molar-refractivity contribution is 0.521. The highest BCUT2D eigenvalue weighted by Crippen LogP contribution is 2.25. The van der Waals surface area contributed by atoms with E-state index in [1.165, 1.54) is 18.4 Å². The molecule has 5 nitrogen and oxygen atoms in total. The first-order valence-corrected chi connectivity index (χ1v) is 8.88. The van der Waals surface area contributed by atoms with E-state index in [-0.39, 0.29) is 10.5 Å². The number of nitrogens with zero attached hydrogens (tertiary/aromatic N) is 2. The minimum atomic E-state index is -3.53. The van der Waals surface area contributed by atoms with E-state index in [4.69, 9.17) is 0 Å². The number of hydrogen-bond donors (Lipinski definition) is 0. The Labute approximate surface area is 140 Å². The Morgan fingerprint density at radius 3 is 2.38 bits per heavy atom. The van der Waals surface area contributed by atoms with Crippen molar-refractivity contribution < 1.29 is 8.42 Å². The molecule has 0 bridgehead atoms. The van der Waals surface area contributed by atoms with Crippen LogP contribution in [-0.4, -0.2) is 31.4 Å². The fourth-order valence-corrected chi connectivity index (χ4v) is 3.60. The van der Waals surface area contributed by atoms with Gasteiger partial charge in [0.05, 0.1) is 10.6 Å². The number of fused-ring (bicyclic) bond motifs is 1. The lowest BCUT2D eigenvalue weighted by atomic mass is 10.1. The van der Waals surface area contributed by atoms with E-state index in [0.29, 0.717) is 16.6 Å². The average Bonchev–Trinajstić information content (AvgIpc) is 2.58. The Morgan fingerprint density at radius 1 is 0.958 bits per heavy atom. The van der Waals surface area contributed by atoms with Crippen LogP contribution < -0.4 is 5.56 Å². The van der Waals surface area contributed by atoms with E-state index in [2.05, 4.69) is 0 Å². The molecule has 0 spiro atoms. The normalized spacial score (nSPS) is 12.0. The van der Waals surface area contributed by atoms with Crippen molar-refractivity contribution in [2.24, 2.45) is 7.05 Å². The maximum atomic E-state index is 12.5. The van der Waals surface area contributed by atoms with Gasteiger partial charge in [-0.25, -0.2) is 12.7 Å². The first-order chi connectivity index (χ1) is 11.3. The van der Waals surface area contributed by atoms with Gasteiger partial charge in [-0.05, 0) is 35.2 Å². The molecule has 0 aliphatic carbocycles. The largest absolute Gasteiger partial charge is 0.311 e. The zero-order chi connectivity index (χ0) is 17.5. The second-order valence-corrected chi connectivity index (χ2v) is 7.95. The van der Waals surface area contributed by atoms with E-state index < -0.39 is 10.0 Å². The van der Waals surface area contributed by atoms with Gasteiger partial charge < -0.3 is 4.57 Å². The standard InChI is InChI=1S/C18H18N2O3S/c1-19(2)24(22,23)15-9-6-8-14(11-15)17-12-13-7-4-5-10-16(13)18(21)20(17)3/h4-12H,1-3H3. The Hall–Kier alpha value is -2.44. The number of rotatable bonds is 3. The quantitative estimate of drug-likeness (QED) is 0.735. The molecule has 0 atom stereocenters. The molecule has 1 heterocycles. The second kappa shape index (κ2) is 5.89. The van der Waals surface area contributed by atoms with Gasteiger partial charge in [0.2, 0.25) is 10.0 Å². The van der Waals surface area contributed by atoms with Gasteiger partial charge in [-0.1, -0.05) is 30.3 Å². The number of pyridine rings is 1. The van der Waals surface area contributed by atoms with Crippen molar-refractivity contribution >= 4 is 20.8 Å². The number of sulfonamides is 1. The summed E-state index contributed by atoms with van der Waals surface area (Å²) in [5, 5.41) is 1.47. The van der Waals surface area contributed by atoms with Crippen molar-refractivity contribution in [3.8, 4) is 11.3 Å². The van der Waals surface area contributed by atoms with Gasteiger partial charge in [0, 0.05) is 26.5 Å². The second-order valence-electron chi connectivity index (χ2n) is 5.80. The Balaban J connectivity index is 2.26. The molecule has 0 amide bonds. The fourth-order valence-electron chi connectivity index (χ4n) is 2.66. The van der Waals surface area contributed by atoms with Crippen LogP contribution in [0.25, 0.3) is 22.0 Å². The summed E-state index contributed by atoms with van der Waals surface area (Å²) in [6, 6.07) is 15.9. The fraction of sp³-hybridized carbons (Fsp3) is 0.167. The van der Waals surface area contributed by atoms with Gasteiger partial charge in [0.25, 0.3) is 5.56 Å². The minimum absolute atomic E-state index is 0.107. The molecule has 0 aliphatic rings. The van der Waals surface area contributed by atoms with Crippen LogP contribution in [-0.2, 0) is 17.1 Å². The van der Waals surface area contributed by atoms with Crippen LogP contribution in [0.4, 0.5) is 0 Å². The molecule has 24 heavy (non-hydrogen) atoms. The van der Waals surface area contributed by atoms with Crippen LogP contribution >= 0.6 is 0 Å². The molecular weight excluding hydrogens is 324 g/mol. The van der Waals surface area contributed by atoms with Gasteiger partial charge in [-0.3, -0.25) is 4.79 Å². The summed E-state index contributed by atoms with van der Waals surface area (Å²) in [4.78, 5) is 12.7. The summed E-state index contributed by atoms with van der Waals surface area (Å²) in [6.07, 6.45) is 0. The van der Waals surface area contributed by atoms with Gasteiger partial charge in [-0.2, -0.15) is 0 Å². The lowest BCUT2D eigenvalue weighted by Crippen LogP contribution is -2.22. The molecule has 3 rings (SSSR count). The lowest BCUT2D eigenvalue weighted by Gasteiger charge is -2.14.